The zero-order valence-electron chi connectivity index (χ0n) is 11.7. The van der Waals surface area contributed by atoms with Crippen molar-refractivity contribution in [3.63, 3.8) is 0 Å². The van der Waals surface area contributed by atoms with Crippen molar-refractivity contribution in [3.05, 3.63) is 68.7 Å². The molecule has 0 heterocycles. The number of esters is 1. The van der Waals surface area contributed by atoms with Crippen LogP contribution >= 0.6 is 11.6 Å². The summed E-state index contributed by atoms with van der Waals surface area (Å²) in [4.78, 5) is 22.0. The molecule has 0 fully saturated rings. The third kappa shape index (κ3) is 3.53. The Labute approximate surface area is 131 Å². The Morgan fingerprint density at radius 3 is 2.68 bits per heavy atom. The van der Waals surface area contributed by atoms with E-state index >= 15 is 0 Å². The first kappa shape index (κ1) is 15.8. The SMILES string of the molecule is COC(=O)c1ccc(NCc2ccccc2Cl)c([N+](=O)[O-])c1. The van der Waals surface area contributed by atoms with Crippen LogP contribution in [0.25, 0.3) is 0 Å². The van der Waals surface area contributed by atoms with E-state index in [0.29, 0.717) is 17.3 Å². The minimum Gasteiger partial charge on any atom is -0.465 e. The highest BCUT2D eigenvalue weighted by atomic mass is 35.5. The lowest BCUT2D eigenvalue weighted by atomic mass is 10.1. The standard InChI is InChI=1S/C15H13ClN2O4/c1-22-15(19)10-6-7-13(14(8-10)18(20)21)17-9-11-4-2-3-5-12(11)16/h2-8,17H,9H2,1H3. The van der Waals surface area contributed by atoms with E-state index in [9.17, 15) is 14.9 Å². The van der Waals surface area contributed by atoms with Crippen LogP contribution in [0.5, 0.6) is 0 Å². The number of hydrogen-bond acceptors (Lipinski definition) is 5. The van der Waals surface area contributed by atoms with Crippen LogP contribution in [0.15, 0.2) is 42.5 Å². The monoisotopic (exact) mass is 320 g/mol. The Balaban J connectivity index is 2.25. The van der Waals surface area contributed by atoms with Crippen LogP contribution in [-0.4, -0.2) is 18.0 Å². The largest absolute Gasteiger partial charge is 0.465 e. The van der Waals surface area contributed by atoms with E-state index in [0.717, 1.165) is 5.56 Å². The average Bonchev–Trinajstić information content (AvgIpc) is 2.53. The number of carbonyl (C=O) groups is 1. The molecule has 7 heteroatoms. The van der Waals surface area contributed by atoms with Crippen LogP contribution in [0.4, 0.5) is 11.4 Å². The van der Waals surface area contributed by atoms with Crippen molar-refractivity contribution in [1.29, 1.82) is 0 Å². The van der Waals surface area contributed by atoms with Crippen molar-refractivity contribution in [2.75, 3.05) is 12.4 Å². The number of halogens is 1. The molecule has 6 nitrogen and oxygen atoms in total. The van der Waals surface area contributed by atoms with E-state index in [1.165, 1.54) is 25.3 Å². The fraction of sp³-hybridized carbons (Fsp3) is 0.133. The number of hydrogen-bond donors (Lipinski definition) is 1. The topological polar surface area (TPSA) is 81.5 Å². The maximum atomic E-state index is 11.4. The van der Waals surface area contributed by atoms with Crippen LogP contribution in [0.1, 0.15) is 15.9 Å². The van der Waals surface area contributed by atoms with Gasteiger partial charge in [-0.3, -0.25) is 10.1 Å². The van der Waals surface area contributed by atoms with Crippen molar-refractivity contribution >= 4 is 28.9 Å². The number of nitrogens with one attached hydrogen (secondary N) is 1. The van der Waals surface area contributed by atoms with Gasteiger partial charge in [-0.2, -0.15) is 0 Å². The van der Waals surface area contributed by atoms with Crippen molar-refractivity contribution in [2.45, 2.75) is 6.54 Å². The summed E-state index contributed by atoms with van der Waals surface area (Å²) in [5.74, 6) is -0.624. The predicted molar refractivity (Wildman–Crippen MR) is 83.2 cm³/mol. The van der Waals surface area contributed by atoms with Gasteiger partial charge in [0, 0.05) is 17.6 Å². The van der Waals surface area contributed by atoms with Gasteiger partial charge in [0.15, 0.2) is 0 Å². The minimum absolute atomic E-state index is 0.123. The maximum absolute atomic E-state index is 11.4. The quantitative estimate of drug-likeness (QED) is 0.516. The van der Waals surface area contributed by atoms with Gasteiger partial charge in [-0.15, -0.1) is 0 Å². The molecule has 0 aliphatic carbocycles. The van der Waals surface area contributed by atoms with Crippen molar-refractivity contribution in [2.24, 2.45) is 0 Å². The van der Waals surface area contributed by atoms with Gasteiger partial charge in [-0.1, -0.05) is 29.8 Å². The highest BCUT2D eigenvalue weighted by Gasteiger charge is 2.18. The molecular weight excluding hydrogens is 308 g/mol. The number of nitrogens with zero attached hydrogens (tertiary/aromatic N) is 1. The molecular formula is C15H13ClN2O4. The van der Waals surface area contributed by atoms with Crippen LogP contribution in [0.3, 0.4) is 0 Å². The first-order valence-corrected chi connectivity index (χ1v) is 6.74. The fourth-order valence-electron chi connectivity index (χ4n) is 1.91. The molecule has 0 aromatic heterocycles. The van der Waals surface area contributed by atoms with E-state index in [-0.39, 0.29) is 11.3 Å². The molecule has 0 spiro atoms. The van der Waals surface area contributed by atoms with Crippen LogP contribution < -0.4 is 5.32 Å². The lowest BCUT2D eigenvalue weighted by molar-refractivity contribution is -0.384. The zero-order valence-corrected chi connectivity index (χ0v) is 12.5. The lowest BCUT2D eigenvalue weighted by Crippen LogP contribution is -2.06. The number of benzene rings is 2. The van der Waals surface area contributed by atoms with E-state index in [1.807, 2.05) is 12.1 Å². The third-order valence-corrected chi connectivity index (χ3v) is 3.41. The Bertz CT molecular complexity index is 718. The number of ether oxygens (including phenoxy) is 1. The first-order valence-electron chi connectivity index (χ1n) is 6.37. The molecule has 2 aromatic rings. The predicted octanol–water partition coefficient (Wildman–Crippen LogP) is 3.65. The molecule has 0 radical (unpaired) electrons. The molecule has 0 bridgehead atoms. The fourth-order valence-corrected chi connectivity index (χ4v) is 2.11. The number of rotatable bonds is 5. The smallest absolute Gasteiger partial charge is 0.338 e. The van der Waals surface area contributed by atoms with Crippen molar-refractivity contribution in [1.82, 2.24) is 0 Å². The molecule has 0 aliphatic rings. The maximum Gasteiger partial charge on any atom is 0.338 e. The summed E-state index contributed by atoms with van der Waals surface area (Å²) in [5, 5.41) is 14.7. The van der Waals surface area contributed by atoms with Gasteiger partial charge in [0.2, 0.25) is 0 Å². The summed E-state index contributed by atoms with van der Waals surface area (Å²) in [5.41, 5.74) is 1.04. The summed E-state index contributed by atoms with van der Waals surface area (Å²) in [6, 6.07) is 11.3. The molecule has 0 amide bonds. The van der Waals surface area contributed by atoms with E-state index in [1.54, 1.807) is 12.1 Å². The molecule has 22 heavy (non-hydrogen) atoms. The molecule has 2 rings (SSSR count). The number of nitro benzene ring substituents is 1. The summed E-state index contributed by atoms with van der Waals surface area (Å²) < 4.78 is 4.56. The second kappa shape index (κ2) is 6.91. The van der Waals surface area contributed by atoms with Crippen LogP contribution in [0.2, 0.25) is 5.02 Å². The number of nitro groups is 1. The van der Waals surface area contributed by atoms with Crippen molar-refractivity contribution in [3.8, 4) is 0 Å². The van der Waals surface area contributed by atoms with Gasteiger partial charge < -0.3 is 10.1 Å². The van der Waals surface area contributed by atoms with E-state index in [2.05, 4.69) is 10.1 Å². The summed E-state index contributed by atoms with van der Waals surface area (Å²) >= 11 is 6.04. The van der Waals surface area contributed by atoms with Gasteiger partial charge in [0.1, 0.15) is 5.69 Å². The summed E-state index contributed by atoms with van der Waals surface area (Å²) in [6.07, 6.45) is 0. The minimum atomic E-state index is -0.624. The van der Waals surface area contributed by atoms with Gasteiger partial charge >= 0.3 is 5.97 Å². The number of methoxy groups -OCH3 is 1. The summed E-state index contributed by atoms with van der Waals surface area (Å²) in [7, 11) is 1.22. The van der Waals surface area contributed by atoms with Crippen LogP contribution in [-0.2, 0) is 11.3 Å². The molecule has 114 valence electrons. The van der Waals surface area contributed by atoms with Gasteiger partial charge in [0.25, 0.3) is 5.69 Å². The van der Waals surface area contributed by atoms with Gasteiger partial charge in [-0.25, -0.2) is 4.79 Å². The second-order valence-electron chi connectivity index (χ2n) is 4.43. The molecule has 0 aliphatic heterocycles. The second-order valence-corrected chi connectivity index (χ2v) is 4.83. The van der Waals surface area contributed by atoms with Crippen molar-refractivity contribution < 1.29 is 14.5 Å². The Morgan fingerprint density at radius 1 is 1.32 bits per heavy atom. The average molecular weight is 321 g/mol. The van der Waals surface area contributed by atoms with Gasteiger partial charge in [-0.05, 0) is 23.8 Å². The molecule has 2 aromatic carbocycles. The Kier molecular flexibility index (Phi) is 4.95. The molecule has 0 saturated carbocycles. The van der Waals surface area contributed by atoms with Crippen LogP contribution in [0, 0.1) is 10.1 Å². The van der Waals surface area contributed by atoms with Gasteiger partial charge in [0.05, 0.1) is 17.6 Å². The number of anilines is 1. The van der Waals surface area contributed by atoms with E-state index < -0.39 is 10.9 Å². The first-order chi connectivity index (χ1) is 10.5. The molecule has 0 atom stereocenters. The normalized spacial score (nSPS) is 10.1. The Hall–Kier alpha value is -2.60. The lowest BCUT2D eigenvalue weighted by Gasteiger charge is -2.09. The molecule has 0 saturated heterocycles. The number of carbonyl (C=O) groups excluding carboxylic acids is 1. The molecule has 1 N–H and O–H groups in total. The molecule has 0 unspecified atom stereocenters. The summed E-state index contributed by atoms with van der Waals surface area (Å²) in [6.45, 7) is 0.331. The highest BCUT2D eigenvalue weighted by Crippen LogP contribution is 2.27. The Morgan fingerprint density at radius 2 is 2.05 bits per heavy atom. The highest BCUT2D eigenvalue weighted by molar-refractivity contribution is 6.31. The zero-order chi connectivity index (χ0) is 16.1. The third-order valence-electron chi connectivity index (χ3n) is 3.04. The van der Waals surface area contributed by atoms with E-state index in [4.69, 9.17) is 11.6 Å².